The molecular weight excluding hydrogens is 401 g/mol. The van der Waals surface area contributed by atoms with Gasteiger partial charge in [0.05, 0.1) is 11.6 Å². The summed E-state index contributed by atoms with van der Waals surface area (Å²) in [4.78, 5) is 16.6. The predicted molar refractivity (Wildman–Crippen MR) is 102 cm³/mol. The van der Waals surface area contributed by atoms with Gasteiger partial charge < -0.3 is 14.9 Å². The Bertz CT molecular complexity index is 936. The molecule has 2 unspecified atom stereocenters. The van der Waals surface area contributed by atoms with Crippen LogP contribution in [0.3, 0.4) is 0 Å². The first kappa shape index (κ1) is 20.6. The lowest BCUT2D eigenvalue weighted by Crippen LogP contribution is -2.55. The first-order chi connectivity index (χ1) is 14.1. The van der Waals surface area contributed by atoms with Crippen LogP contribution in [0.25, 0.3) is 0 Å². The number of nitro groups is 1. The lowest BCUT2D eigenvalue weighted by atomic mass is 9.88. The Kier molecular flexibility index (Phi) is 5.00. The zero-order chi connectivity index (χ0) is 21.7. The second kappa shape index (κ2) is 7.26. The minimum Gasteiger partial charge on any atom is -0.422 e. The number of nitrogens with zero attached hydrogens (tertiary/aromatic N) is 4. The lowest BCUT2D eigenvalue weighted by Gasteiger charge is -2.43. The van der Waals surface area contributed by atoms with Crippen LogP contribution in [0.4, 0.5) is 19.0 Å². The van der Waals surface area contributed by atoms with Gasteiger partial charge in [-0.15, -0.1) is 0 Å². The van der Waals surface area contributed by atoms with Gasteiger partial charge in [0, 0.05) is 18.1 Å². The minimum absolute atomic E-state index is 0.139. The molecule has 2 aliphatic heterocycles. The molecule has 0 bridgehead atoms. The third kappa shape index (κ3) is 3.64. The molecule has 0 spiro atoms. The second-order valence-corrected chi connectivity index (χ2v) is 8.21. The largest absolute Gasteiger partial charge is 0.422 e. The van der Waals surface area contributed by atoms with Gasteiger partial charge in [-0.3, -0.25) is 9.47 Å². The van der Waals surface area contributed by atoms with E-state index in [-0.39, 0.29) is 17.9 Å². The van der Waals surface area contributed by atoms with Crippen molar-refractivity contribution in [3.8, 4) is 6.01 Å². The minimum atomic E-state index is -4.31. The van der Waals surface area contributed by atoms with Crippen LogP contribution in [-0.4, -0.2) is 38.2 Å². The molecule has 0 aliphatic carbocycles. The molecule has 1 aromatic heterocycles. The van der Waals surface area contributed by atoms with Crippen LogP contribution in [0.1, 0.15) is 43.9 Å². The highest BCUT2D eigenvalue weighted by Gasteiger charge is 2.50. The average molecular weight is 424 g/mol. The number of imidazole rings is 1. The maximum Gasteiger partial charge on any atom is 0.416 e. The molecule has 1 saturated heterocycles. The van der Waals surface area contributed by atoms with Gasteiger partial charge in [0.1, 0.15) is 6.20 Å². The van der Waals surface area contributed by atoms with Gasteiger partial charge in [-0.25, -0.2) is 0 Å². The molecule has 0 radical (unpaired) electrons. The highest BCUT2D eigenvalue weighted by molar-refractivity contribution is 5.26. The van der Waals surface area contributed by atoms with E-state index < -0.39 is 22.4 Å². The van der Waals surface area contributed by atoms with E-state index in [1.165, 1.54) is 6.20 Å². The summed E-state index contributed by atoms with van der Waals surface area (Å²) in [5, 5.41) is 10.9. The van der Waals surface area contributed by atoms with Crippen LogP contribution < -0.4 is 4.74 Å². The SMILES string of the molecule is CC1n2cc([N+](=O)[O-])nc2OC1(C)N1CCC(Cc2ccc(C(F)(F)F)cc2)CC1. The predicted octanol–water partition coefficient (Wildman–Crippen LogP) is 4.43. The lowest BCUT2D eigenvalue weighted by molar-refractivity contribution is -0.389. The topological polar surface area (TPSA) is 73.4 Å². The quantitative estimate of drug-likeness (QED) is 0.536. The maximum absolute atomic E-state index is 12.7. The number of halogens is 3. The Labute approximate surface area is 171 Å². The van der Waals surface area contributed by atoms with Crippen molar-refractivity contribution in [2.75, 3.05) is 13.1 Å². The number of hydrogen-bond donors (Lipinski definition) is 0. The van der Waals surface area contributed by atoms with Crippen LogP contribution in [0, 0.1) is 16.0 Å². The third-order valence-corrected chi connectivity index (χ3v) is 6.41. The van der Waals surface area contributed by atoms with Crippen molar-refractivity contribution in [1.29, 1.82) is 0 Å². The summed E-state index contributed by atoms with van der Waals surface area (Å²) in [7, 11) is 0. The number of likely N-dealkylation sites (tertiary alicyclic amines) is 1. The molecule has 7 nitrogen and oxygen atoms in total. The fourth-order valence-corrected chi connectivity index (χ4v) is 4.41. The number of benzene rings is 1. The molecule has 2 aliphatic rings. The van der Waals surface area contributed by atoms with Crippen molar-refractivity contribution in [1.82, 2.24) is 14.5 Å². The van der Waals surface area contributed by atoms with Crippen LogP contribution in [0.5, 0.6) is 6.01 Å². The molecule has 0 N–H and O–H groups in total. The Morgan fingerprint density at radius 3 is 2.43 bits per heavy atom. The van der Waals surface area contributed by atoms with Gasteiger partial charge in [-0.05, 0) is 61.6 Å². The number of alkyl halides is 3. The molecule has 3 heterocycles. The summed E-state index contributed by atoms with van der Waals surface area (Å²) < 4.78 is 45.9. The third-order valence-electron chi connectivity index (χ3n) is 6.41. The van der Waals surface area contributed by atoms with Crippen LogP contribution in [-0.2, 0) is 12.6 Å². The van der Waals surface area contributed by atoms with E-state index in [0.717, 1.165) is 50.0 Å². The molecule has 4 rings (SSSR count). The Morgan fingerprint density at radius 1 is 1.27 bits per heavy atom. The number of piperidine rings is 1. The van der Waals surface area contributed by atoms with E-state index in [2.05, 4.69) is 9.88 Å². The van der Waals surface area contributed by atoms with Gasteiger partial charge in [0.2, 0.25) is 0 Å². The van der Waals surface area contributed by atoms with Gasteiger partial charge in [-0.2, -0.15) is 13.2 Å². The summed E-state index contributed by atoms with van der Waals surface area (Å²) in [6, 6.07) is 5.51. The van der Waals surface area contributed by atoms with Gasteiger partial charge >= 0.3 is 18.0 Å². The second-order valence-electron chi connectivity index (χ2n) is 8.21. The summed E-state index contributed by atoms with van der Waals surface area (Å²) in [5.74, 6) is 0.158. The number of fused-ring (bicyclic) bond motifs is 1. The molecule has 2 atom stereocenters. The zero-order valence-corrected chi connectivity index (χ0v) is 16.7. The molecule has 30 heavy (non-hydrogen) atoms. The normalized spacial score (nSPS) is 25.2. The van der Waals surface area contributed by atoms with Crippen molar-refractivity contribution in [2.24, 2.45) is 5.92 Å². The van der Waals surface area contributed by atoms with E-state index in [1.54, 1.807) is 16.7 Å². The summed E-state index contributed by atoms with van der Waals surface area (Å²) in [6.45, 7) is 5.47. The monoisotopic (exact) mass is 424 g/mol. The number of ether oxygens (including phenoxy) is 1. The smallest absolute Gasteiger partial charge is 0.416 e. The first-order valence-electron chi connectivity index (χ1n) is 9.91. The zero-order valence-electron chi connectivity index (χ0n) is 16.7. The number of aromatic nitrogens is 2. The molecule has 162 valence electrons. The molecule has 2 aromatic rings. The van der Waals surface area contributed by atoms with Crippen molar-refractivity contribution >= 4 is 5.82 Å². The standard InChI is InChI=1S/C20H23F3N4O3/c1-13-19(2,30-18-24-17(27(28)29)12-26(13)18)25-9-7-15(8-10-25)11-14-3-5-16(6-4-14)20(21,22)23/h3-6,12-13,15H,7-11H2,1-2H3. The fourth-order valence-electron chi connectivity index (χ4n) is 4.41. The molecule has 1 fully saturated rings. The van der Waals surface area contributed by atoms with E-state index in [1.807, 2.05) is 13.8 Å². The van der Waals surface area contributed by atoms with Gasteiger partial charge in [0.15, 0.2) is 5.72 Å². The Balaban J connectivity index is 1.36. The van der Waals surface area contributed by atoms with E-state index in [9.17, 15) is 23.3 Å². The van der Waals surface area contributed by atoms with Crippen molar-refractivity contribution in [3.63, 3.8) is 0 Å². The Morgan fingerprint density at radius 2 is 1.90 bits per heavy atom. The van der Waals surface area contributed by atoms with E-state index in [4.69, 9.17) is 4.74 Å². The first-order valence-corrected chi connectivity index (χ1v) is 9.91. The van der Waals surface area contributed by atoms with Gasteiger partial charge in [-0.1, -0.05) is 12.1 Å². The molecule has 0 amide bonds. The van der Waals surface area contributed by atoms with Crippen molar-refractivity contribution in [3.05, 3.63) is 51.7 Å². The average Bonchev–Trinajstić information content (AvgIpc) is 3.20. The van der Waals surface area contributed by atoms with Crippen molar-refractivity contribution in [2.45, 2.75) is 51.1 Å². The van der Waals surface area contributed by atoms with Crippen LogP contribution in [0.15, 0.2) is 30.5 Å². The highest BCUT2D eigenvalue weighted by atomic mass is 19.4. The highest BCUT2D eigenvalue weighted by Crippen LogP contribution is 2.43. The summed E-state index contributed by atoms with van der Waals surface area (Å²) >= 11 is 0. The van der Waals surface area contributed by atoms with Crippen LogP contribution >= 0.6 is 0 Å². The molecule has 10 heteroatoms. The van der Waals surface area contributed by atoms with Crippen LogP contribution in [0.2, 0.25) is 0 Å². The number of hydrogen-bond acceptors (Lipinski definition) is 5. The fraction of sp³-hybridized carbons (Fsp3) is 0.550. The van der Waals surface area contributed by atoms with Crippen molar-refractivity contribution < 1.29 is 22.8 Å². The number of rotatable bonds is 4. The summed E-state index contributed by atoms with van der Waals surface area (Å²) in [5.41, 5.74) is -0.360. The summed E-state index contributed by atoms with van der Waals surface area (Å²) in [6.07, 6.45) is -0.370. The molecular formula is C20H23F3N4O3. The molecule has 0 saturated carbocycles. The maximum atomic E-state index is 12.7. The van der Waals surface area contributed by atoms with E-state index in [0.29, 0.717) is 5.92 Å². The Hall–Kier alpha value is -2.62. The van der Waals surface area contributed by atoms with Gasteiger partial charge in [0.25, 0.3) is 0 Å². The van der Waals surface area contributed by atoms with E-state index >= 15 is 0 Å². The molecule has 1 aromatic carbocycles.